The highest BCUT2D eigenvalue weighted by atomic mass is 16.3. The normalized spacial score (nSPS) is 25.0. The first-order valence-electron chi connectivity index (χ1n) is 9.03. The van der Waals surface area contributed by atoms with Crippen LogP contribution >= 0.6 is 0 Å². The summed E-state index contributed by atoms with van der Waals surface area (Å²) in [6, 6.07) is 0.0903. The zero-order valence-electron chi connectivity index (χ0n) is 14.7. The maximum Gasteiger partial charge on any atom is 0.317 e. The van der Waals surface area contributed by atoms with E-state index in [-0.39, 0.29) is 18.1 Å². The van der Waals surface area contributed by atoms with E-state index in [0.717, 1.165) is 38.9 Å². The zero-order chi connectivity index (χ0) is 16.2. The maximum atomic E-state index is 12.3. The summed E-state index contributed by atoms with van der Waals surface area (Å²) in [6.07, 6.45) is 7.85. The summed E-state index contributed by atoms with van der Waals surface area (Å²) in [7, 11) is 0. The minimum absolute atomic E-state index is 0.0474. The molecule has 0 atom stereocenters. The van der Waals surface area contributed by atoms with Gasteiger partial charge in [0.05, 0.1) is 0 Å². The Kier molecular flexibility index (Phi) is 5.76. The van der Waals surface area contributed by atoms with Gasteiger partial charge in [-0.3, -0.25) is 0 Å². The highest BCUT2D eigenvalue weighted by molar-refractivity contribution is 5.74. The number of carbonyl (C=O) groups excluding carboxylic acids is 1. The topological polar surface area (TPSA) is 52.6 Å². The van der Waals surface area contributed by atoms with Crippen molar-refractivity contribution >= 4 is 6.03 Å². The molecule has 1 heterocycles. The number of hydrogen-bond acceptors (Lipinski definition) is 2. The maximum absolute atomic E-state index is 12.3. The van der Waals surface area contributed by atoms with Crippen LogP contribution in [0.3, 0.4) is 0 Å². The lowest BCUT2D eigenvalue weighted by Gasteiger charge is -2.40. The molecule has 2 aliphatic rings. The van der Waals surface area contributed by atoms with Crippen molar-refractivity contribution in [2.45, 2.75) is 65.7 Å². The van der Waals surface area contributed by atoms with Crippen molar-refractivity contribution < 1.29 is 9.90 Å². The van der Waals surface area contributed by atoms with E-state index in [0.29, 0.717) is 11.3 Å². The van der Waals surface area contributed by atoms with Gasteiger partial charge in [0.15, 0.2) is 0 Å². The average molecular weight is 310 g/mol. The van der Waals surface area contributed by atoms with E-state index < -0.39 is 0 Å². The van der Waals surface area contributed by atoms with E-state index in [9.17, 15) is 9.90 Å². The van der Waals surface area contributed by atoms with Crippen molar-refractivity contribution in [1.29, 1.82) is 0 Å². The Labute approximate surface area is 135 Å². The molecular formula is C18H34N2O2. The summed E-state index contributed by atoms with van der Waals surface area (Å²) in [5, 5.41) is 12.7. The van der Waals surface area contributed by atoms with Gasteiger partial charge in [0, 0.05) is 26.2 Å². The van der Waals surface area contributed by atoms with E-state index >= 15 is 0 Å². The first-order valence-corrected chi connectivity index (χ1v) is 9.03. The number of hydrogen-bond donors (Lipinski definition) is 2. The van der Waals surface area contributed by atoms with E-state index in [1.165, 1.54) is 25.7 Å². The van der Waals surface area contributed by atoms with Gasteiger partial charge in [-0.15, -0.1) is 0 Å². The highest BCUT2D eigenvalue weighted by Crippen LogP contribution is 2.38. The molecule has 0 aromatic carbocycles. The molecule has 2 fully saturated rings. The Morgan fingerprint density at radius 3 is 2.27 bits per heavy atom. The molecule has 1 aliphatic carbocycles. The third kappa shape index (κ3) is 4.37. The first kappa shape index (κ1) is 17.6. The lowest BCUT2D eigenvalue weighted by molar-refractivity contribution is 0.0516. The van der Waals surface area contributed by atoms with Crippen LogP contribution in [0.1, 0.15) is 65.7 Å². The summed E-state index contributed by atoms with van der Waals surface area (Å²) in [6.45, 7) is 9.45. The van der Waals surface area contributed by atoms with Gasteiger partial charge in [-0.05, 0) is 61.7 Å². The number of amides is 2. The Morgan fingerprint density at radius 1 is 1.18 bits per heavy atom. The number of carbonyl (C=O) groups is 1. The van der Waals surface area contributed by atoms with E-state index in [4.69, 9.17) is 0 Å². The van der Waals surface area contributed by atoms with Crippen LogP contribution in [0, 0.1) is 16.7 Å². The third-order valence-corrected chi connectivity index (χ3v) is 6.20. The number of nitrogens with zero attached hydrogens (tertiary/aromatic N) is 1. The molecular weight excluding hydrogens is 276 g/mol. The Hall–Kier alpha value is -0.770. The van der Waals surface area contributed by atoms with Crippen molar-refractivity contribution in [3.63, 3.8) is 0 Å². The number of likely N-dealkylation sites (tertiary alicyclic amines) is 1. The van der Waals surface area contributed by atoms with E-state index in [1.54, 1.807) is 0 Å². The van der Waals surface area contributed by atoms with Gasteiger partial charge in [0.25, 0.3) is 0 Å². The second-order valence-electron chi connectivity index (χ2n) is 8.29. The predicted molar refractivity (Wildman–Crippen MR) is 89.8 cm³/mol. The largest absolute Gasteiger partial charge is 0.396 e. The SMILES string of the molecule is CCC1(CO)CCN(C(=O)NCC2CCC(C)(C)CC2)CC1. The molecule has 4 nitrogen and oxygen atoms in total. The third-order valence-electron chi connectivity index (χ3n) is 6.20. The summed E-state index contributed by atoms with van der Waals surface area (Å²) >= 11 is 0. The molecule has 128 valence electrons. The van der Waals surface area contributed by atoms with Gasteiger partial charge in [-0.1, -0.05) is 20.8 Å². The first-order chi connectivity index (χ1) is 10.4. The molecule has 1 saturated heterocycles. The Balaban J connectivity index is 1.71. The van der Waals surface area contributed by atoms with Crippen molar-refractivity contribution in [3.8, 4) is 0 Å². The summed E-state index contributed by atoms with van der Waals surface area (Å²) in [5.74, 6) is 0.647. The van der Waals surface area contributed by atoms with Gasteiger partial charge < -0.3 is 15.3 Å². The number of urea groups is 1. The van der Waals surface area contributed by atoms with E-state index in [2.05, 4.69) is 26.1 Å². The van der Waals surface area contributed by atoms with Crippen LogP contribution in [-0.2, 0) is 0 Å². The van der Waals surface area contributed by atoms with Crippen molar-refractivity contribution in [3.05, 3.63) is 0 Å². The van der Waals surface area contributed by atoms with Crippen molar-refractivity contribution in [2.24, 2.45) is 16.7 Å². The van der Waals surface area contributed by atoms with Gasteiger partial charge in [-0.25, -0.2) is 4.79 Å². The zero-order valence-corrected chi connectivity index (χ0v) is 14.7. The number of aliphatic hydroxyl groups is 1. The summed E-state index contributed by atoms with van der Waals surface area (Å²) < 4.78 is 0. The Morgan fingerprint density at radius 2 is 1.77 bits per heavy atom. The second kappa shape index (κ2) is 7.20. The quantitative estimate of drug-likeness (QED) is 0.836. The lowest BCUT2D eigenvalue weighted by Crippen LogP contribution is -2.49. The smallest absolute Gasteiger partial charge is 0.317 e. The second-order valence-corrected chi connectivity index (χ2v) is 8.29. The van der Waals surface area contributed by atoms with Gasteiger partial charge >= 0.3 is 6.03 Å². The van der Waals surface area contributed by atoms with Crippen LogP contribution in [0.25, 0.3) is 0 Å². The van der Waals surface area contributed by atoms with Crippen LogP contribution in [0.5, 0.6) is 0 Å². The molecule has 0 spiro atoms. The molecule has 2 amide bonds. The van der Waals surface area contributed by atoms with Crippen molar-refractivity contribution in [1.82, 2.24) is 10.2 Å². The average Bonchev–Trinajstić information content (AvgIpc) is 2.53. The molecule has 1 saturated carbocycles. The molecule has 22 heavy (non-hydrogen) atoms. The molecule has 1 aliphatic heterocycles. The van der Waals surface area contributed by atoms with Crippen LogP contribution in [0.4, 0.5) is 4.79 Å². The highest BCUT2D eigenvalue weighted by Gasteiger charge is 2.34. The molecule has 0 aromatic heterocycles. The monoisotopic (exact) mass is 310 g/mol. The molecule has 2 rings (SSSR count). The minimum Gasteiger partial charge on any atom is -0.396 e. The molecule has 0 radical (unpaired) electrons. The standard InChI is InChI=1S/C18H34N2O2/c1-4-18(14-21)9-11-20(12-10-18)16(22)19-13-15-5-7-17(2,3)8-6-15/h15,21H,4-14H2,1-3H3,(H,19,22). The minimum atomic E-state index is 0.0474. The van der Waals surface area contributed by atoms with Crippen LogP contribution in [-0.4, -0.2) is 42.3 Å². The van der Waals surface area contributed by atoms with Gasteiger partial charge in [0.2, 0.25) is 0 Å². The van der Waals surface area contributed by atoms with Crippen molar-refractivity contribution in [2.75, 3.05) is 26.2 Å². The molecule has 0 bridgehead atoms. The number of rotatable bonds is 4. The fourth-order valence-electron chi connectivity index (χ4n) is 3.81. The van der Waals surface area contributed by atoms with Crippen LogP contribution < -0.4 is 5.32 Å². The van der Waals surface area contributed by atoms with Gasteiger partial charge in [-0.2, -0.15) is 0 Å². The van der Waals surface area contributed by atoms with Crippen LogP contribution in [0.2, 0.25) is 0 Å². The molecule has 0 unspecified atom stereocenters. The lowest BCUT2D eigenvalue weighted by atomic mass is 9.73. The number of nitrogens with one attached hydrogen (secondary N) is 1. The van der Waals surface area contributed by atoms with Crippen LogP contribution in [0.15, 0.2) is 0 Å². The molecule has 4 heteroatoms. The molecule has 0 aromatic rings. The summed E-state index contributed by atoms with van der Waals surface area (Å²) in [4.78, 5) is 14.2. The number of piperidine rings is 1. The fourth-order valence-corrected chi connectivity index (χ4v) is 3.81. The fraction of sp³-hybridized carbons (Fsp3) is 0.944. The Bertz CT molecular complexity index is 357. The van der Waals surface area contributed by atoms with E-state index in [1.807, 2.05) is 4.90 Å². The number of aliphatic hydroxyl groups excluding tert-OH is 1. The summed E-state index contributed by atoms with van der Waals surface area (Å²) in [5.41, 5.74) is 0.535. The predicted octanol–water partition coefficient (Wildman–Crippen LogP) is 3.40. The molecule has 2 N–H and O–H groups in total. The van der Waals surface area contributed by atoms with Gasteiger partial charge in [0.1, 0.15) is 0 Å².